The number of hydrogen-bond donors (Lipinski definition) is 1. The van der Waals surface area contributed by atoms with Crippen LogP contribution in [0.1, 0.15) is 17.4 Å². The first-order valence-electron chi connectivity index (χ1n) is 7.43. The van der Waals surface area contributed by atoms with Crippen molar-refractivity contribution in [1.29, 1.82) is 0 Å². The molecule has 0 spiro atoms. The Balaban J connectivity index is 1.79. The molecule has 116 valence electrons. The molecule has 0 unspecified atom stereocenters. The summed E-state index contributed by atoms with van der Waals surface area (Å²) < 4.78 is 7.54. The summed E-state index contributed by atoms with van der Waals surface area (Å²) in [6, 6.07) is 18.5. The molecule has 0 radical (unpaired) electrons. The number of nitrogens with zero attached hydrogens (tertiary/aromatic N) is 2. The molecule has 0 fully saturated rings. The van der Waals surface area contributed by atoms with Crippen LogP contribution in [0.15, 0.2) is 66.9 Å². The quantitative estimate of drug-likeness (QED) is 0.776. The van der Waals surface area contributed by atoms with Gasteiger partial charge in [0.2, 0.25) is 0 Å². The van der Waals surface area contributed by atoms with Crippen molar-refractivity contribution in [2.75, 3.05) is 5.32 Å². The summed E-state index contributed by atoms with van der Waals surface area (Å²) in [6.07, 6.45) is 1.78. The fourth-order valence-corrected chi connectivity index (χ4v) is 2.12. The molecule has 0 atom stereocenters. The first kappa shape index (κ1) is 14.8. The Hall–Kier alpha value is -3.08. The van der Waals surface area contributed by atoms with Gasteiger partial charge in [0, 0.05) is 12.7 Å². The van der Waals surface area contributed by atoms with Crippen LogP contribution in [-0.2, 0) is 6.54 Å². The van der Waals surface area contributed by atoms with Gasteiger partial charge >= 0.3 is 0 Å². The molecule has 5 nitrogen and oxygen atoms in total. The van der Waals surface area contributed by atoms with Gasteiger partial charge in [0.1, 0.15) is 5.75 Å². The zero-order chi connectivity index (χ0) is 16.1. The second kappa shape index (κ2) is 6.79. The van der Waals surface area contributed by atoms with Crippen LogP contribution < -0.4 is 10.1 Å². The number of hydrogen-bond acceptors (Lipinski definition) is 3. The fourth-order valence-electron chi connectivity index (χ4n) is 2.12. The van der Waals surface area contributed by atoms with E-state index in [1.165, 1.54) is 0 Å². The maximum Gasteiger partial charge on any atom is 0.276 e. The molecule has 0 saturated heterocycles. The van der Waals surface area contributed by atoms with Crippen LogP contribution >= 0.6 is 0 Å². The molecular weight excluding hydrogens is 290 g/mol. The molecular formula is C18H17N3O2. The van der Waals surface area contributed by atoms with Crippen LogP contribution in [-0.4, -0.2) is 15.7 Å². The average molecular weight is 307 g/mol. The van der Waals surface area contributed by atoms with Crippen LogP contribution in [0.4, 0.5) is 5.69 Å². The molecule has 0 aliphatic heterocycles. The highest BCUT2D eigenvalue weighted by Gasteiger charge is 2.12. The summed E-state index contributed by atoms with van der Waals surface area (Å²) in [4.78, 5) is 12.3. The number of amides is 1. The van der Waals surface area contributed by atoms with Gasteiger partial charge in [-0.2, -0.15) is 5.10 Å². The van der Waals surface area contributed by atoms with E-state index in [-0.39, 0.29) is 5.91 Å². The number of anilines is 1. The molecule has 1 amide bonds. The van der Waals surface area contributed by atoms with E-state index in [1.54, 1.807) is 23.0 Å². The van der Waals surface area contributed by atoms with Crippen molar-refractivity contribution in [3.63, 3.8) is 0 Å². The summed E-state index contributed by atoms with van der Waals surface area (Å²) in [5.74, 6) is 1.03. The lowest BCUT2D eigenvalue weighted by molar-refractivity contribution is 0.102. The van der Waals surface area contributed by atoms with Gasteiger partial charge in [-0.05, 0) is 37.3 Å². The van der Waals surface area contributed by atoms with Crippen LogP contribution in [0.2, 0.25) is 0 Å². The Labute approximate surface area is 134 Å². The number of carbonyl (C=O) groups is 1. The van der Waals surface area contributed by atoms with E-state index in [0.29, 0.717) is 22.9 Å². The predicted molar refractivity (Wildman–Crippen MR) is 88.8 cm³/mol. The van der Waals surface area contributed by atoms with Gasteiger partial charge in [-0.15, -0.1) is 0 Å². The number of ether oxygens (including phenoxy) is 1. The molecule has 0 saturated carbocycles. The number of benzene rings is 2. The number of aryl methyl sites for hydroxylation is 1. The first-order valence-corrected chi connectivity index (χ1v) is 7.43. The molecule has 1 N–H and O–H groups in total. The van der Waals surface area contributed by atoms with Crippen molar-refractivity contribution in [1.82, 2.24) is 9.78 Å². The van der Waals surface area contributed by atoms with Gasteiger partial charge < -0.3 is 10.1 Å². The van der Waals surface area contributed by atoms with Gasteiger partial charge in [-0.25, -0.2) is 0 Å². The maximum absolute atomic E-state index is 12.3. The van der Waals surface area contributed by atoms with Gasteiger partial charge in [0.05, 0.1) is 5.69 Å². The van der Waals surface area contributed by atoms with Crippen molar-refractivity contribution >= 4 is 11.6 Å². The Bertz CT molecular complexity index is 797. The zero-order valence-electron chi connectivity index (χ0n) is 12.8. The highest BCUT2D eigenvalue weighted by atomic mass is 16.5. The number of carbonyl (C=O) groups excluding carboxylic acids is 1. The van der Waals surface area contributed by atoms with Crippen molar-refractivity contribution in [3.05, 3.63) is 72.6 Å². The van der Waals surface area contributed by atoms with Gasteiger partial charge in [-0.1, -0.05) is 30.3 Å². The lowest BCUT2D eigenvalue weighted by Gasteiger charge is -2.11. The molecule has 23 heavy (non-hydrogen) atoms. The Morgan fingerprint density at radius 3 is 2.57 bits per heavy atom. The maximum atomic E-state index is 12.3. The SMILES string of the molecule is CCn1ccc(C(=O)Nc2ccccc2Oc2ccccc2)n1. The minimum atomic E-state index is -0.263. The Kier molecular flexibility index (Phi) is 4.38. The number of aromatic nitrogens is 2. The number of rotatable bonds is 5. The average Bonchev–Trinajstić information content (AvgIpc) is 3.07. The monoisotopic (exact) mass is 307 g/mol. The molecule has 1 heterocycles. The highest BCUT2D eigenvalue weighted by molar-refractivity contribution is 6.03. The topological polar surface area (TPSA) is 56.2 Å². The van der Waals surface area contributed by atoms with E-state index in [2.05, 4.69) is 10.4 Å². The normalized spacial score (nSPS) is 10.3. The van der Waals surface area contributed by atoms with Crippen molar-refractivity contribution in [2.45, 2.75) is 13.5 Å². The molecule has 0 aliphatic carbocycles. The Morgan fingerprint density at radius 2 is 1.83 bits per heavy atom. The van der Waals surface area contributed by atoms with Crippen LogP contribution in [0.5, 0.6) is 11.5 Å². The smallest absolute Gasteiger partial charge is 0.276 e. The third kappa shape index (κ3) is 3.58. The van der Waals surface area contributed by atoms with E-state index in [4.69, 9.17) is 4.74 Å². The molecule has 5 heteroatoms. The largest absolute Gasteiger partial charge is 0.455 e. The Morgan fingerprint density at radius 1 is 1.09 bits per heavy atom. The van der Waals surface area contributed by atoms with Crippen LogP contribution in [0.3, 0.4) is 0 Å². The highest BCUT2D eigenvalue weighted by Crippen LogP contribution is 2.29. The summed E-state index contributed by atoms with van der Waals surface area (Å²) >= 11 is 0. The zero-order valence-corrected chi connectivity index (χ0v) is 12.8. The second-order valence-electron chi connectivity index (χ2n) is 4.92. The van der Waals surface area contributed by atoms with Crippen molar-refractivity contribution in [3.8, 4) is 11.5 Å². The molecule has 3 rings (SSSR count). The van der Waals surface area contributed by atoms with Gasteiger partial charge in [0.15, 0.2) is 11.4 Å². The minimum Gasteiger partial charge on any atom is -0.455 e. The third-order valence-corrected chi connectivity index (χ3v) is 3.30. The lowest BCUT2D eigenvalue weighted by Crippen LogP contribution is -2.13. The lowest BCUT2D eigenvalue weighted by atomic mass is 10.2. The van der Waals surface area contributed by atoms with Crippen molar-refractivity contribution in [2.24, 2.45) is 0 Å². The van der Waals surface area contributed by atoms with Gasteiger partial charge in [-0.3, -0.25) is 9.48 Å². The van der Waals surface area contributed by atoms with E-state index >= 15 is 0 Å². The minimum absolute atomic E-state index is 0.263. The molecule has 0 bridgehead atoms. The summed E-state index contributed by atoms with van der Waals surface area (Å²) in [5, 5.41) is 7.05. The van der Waals surface area contributed by atoms with Crippen molar-refractivity contribution < 1.29 is 9.53 Å². The van der Waals surface area contributed by atoms with Gasteiger partial charge in [0.25, 0.3) is 5.91 Å². The first-order chi connectivity index (χ1) is 11.3. The number of para-hydroxylation sites is 3. The summed E-state index contributed by atoms with van der Waals surface area (Å²) in [6.45, 7) is 2.69. The van der Waals surface area contributed by atoms with Crippen LogP contribution in [0, 0.1) is 0 Å². The van der Waals surface area contributed by atoms with E-state index < -0.39 is 0 Å². The predicted octanol–water partition coefficient (Wildman–Crippen LogP) is 3.95. The number of nitrogens with one attached hydrogen (secondary N) is 1. The molecule has 1 aromatic heterocycles. The summed E-state index contributed by atoms with van der Waals surface area (Å²) in [7, 11) is 0. The van der Waals surface area contributed by atoms with E-state index in [1.807, 2.05) is 55.5 Å². The molecule has 3 aromatic rings. The van der Waals surface area contributed by atoms with E-state index in [0.717, 1.165) is 6.54 Å². The standard InChI is InChI=1S/C18H17N3O2/c1-2-21-13-12-16(20-21)18(22)19-15-10-6-7-11-17(15)23-14-8-4-3-5-9-14/h3-13H,2H2,1H3,(H,19,22). The van der Waals surface area contributed by atoms with Crippen LogP contribution in [0.25, 0.3) is 0 Å². The summed E-state index contributed by atoms with van der Waals surface area (Å²) in [5.41, 5.74) is 0.980. The molecule has 2 aromatic carbocycles. The molecule has 0 aliphatic rings. The fraction of sp³-hybridized carbons (Fsp3) is 0.111. The van der Waals surface area contributed by atoms with E-state index in [9.17, 15) is 4.79 Å². The second-order valence-corrected chi connectivity index (χ2v) is 4.92. The third-order valence-electron chi connectivity index (χ3n) is 3.30.